The molecule has 0 aliphatic carbocycles. The second kappa shape index (κ2) is 6.58. The van der Waals surface area contributed by atoms with Gasteiger partial charge in [-0.3, -0.25) is 0 Å². The molecule has 5 nitrogen and oxygen atoms in total. The highest BCUT2D eigenvalue weighted by atomic mass is 32.2. The summed E-state index contributed by atoms with van der Waals surface area (Å²) in [7, 11) is -4.23. The van der Waals surface area contributed by atoms with E-state index >= 15 is 0 Å². The van der Waals surface area contributed by atoms with E-state index < -0.39 is 38.1 Å². The number of nitrogens with one attached hydrogen (secondary N) is 1. The summed E-state index contributed by atoms with van der Waals surface area (Å²) in [6.45, 7) is 1.78. The zero-order valence-corrected chi connectivity index (χ0v) is 11.4. The number of hydrogen-bond acceptors (Lipinski definition) is 3. The smallest absolute Gasteiger partial charge is 0.341 e. The van der Waals surface area contributed by atoms with Crippen LogP contribution in [0.1, 0.15) is 23.7 Å². The molecule has 2 N–H and O–H groups in total. The summed E-state index contributed by atoms with van der Waals surface area (Å²) in [5.74, 6) is -4.81. The van der Waals surface area contributed by atoms with Gasteiger partial charge in [-0.15, -0.1) is 0 Å². The predicted molar refractivity (Wildman–Crippen MR) is 67.9 cm³/mol. The van der Waals surface area contributed by atoms with Crippen molar-refractivity contribution in [2.24, 2.45) is 0 Å². The van der Waals surface area contributed by atoms with E-state index in [4.69, 9.17) is 5.11 Å². The summed E-state index contributed by atoms with van der Waals surface area (Å²) >= 11 is 0. The van der Waals surface area contributed by atoms with Crippen molar-refractivity contribution in [1.82, 2.24) is 4.72 Å². The van der Waals surface area contributed by atoms with Crippen molar-refractivity contribution in [3.05, 3.63) is 41.5 Å². The molecule has 110 valence electrons. The standard InChI is InChI=1S/C12H13F2NO4S/c1-2-3-4-7-15-20(18,19)9-6-5-8(13)10(11(9)14)12(16)17/h2-3,5-6,15H,4,7H2,1H3,(H,16,17)/b3-2+. The van der Waals surface area contributed by atoms with Gasteiger partial charge in [-0.1, -0.05) is 12.2 Å². The van der Waals surface area contributed by atoms with Crippen molar-refractivity contribution in [2.75, 3.05) is 6.54 Å². The van der Waals surface area contributed by atoms with Crippen molar-refractivity contribution in [2.45, 2.75) is 18.2 Å². The number of sulfonamides is 1. The Balaban J connectivity index is 3.13. The number of aromatic carboxylic acids is 1. The zero-order valence-electron chi connectivity index (χ0n) is 10.6. The molecular formula is C12H13F2NO4S. The van der Waals surface area contributed by atoms with Crippen molar-refractivity contribution in [3.8, 4) is 0 Å². The fourth-order valence-electron chi connectivity index (χ4n) is 1.46. The molecule has 0 radical (unpaired) electrons. The van der Waals surface area contributed by atoms with Gasteiger partial charge < -0.3 is 5.11 Å². The molecule has 0 atom stereocenters. The minimum atomic E-state index is -4.23. The van der Waals surface area contributed by atoms with Crippen LogP contribution in [0.4, 0.5) is 8.78 Å². The first-order valence-electron chi connectivity index (χ1n) is 5.63. The van der Waals surface area contributed by atoms with Gasteiger partial charge in [0.1, 0.15) is 16.3 Å². The Kier molecular flexibility index (Phi) is 5.34. The maximum atomic E-state index is 13.8. The molecule has 1 aromatic carbocycles. The van der Waals surface area contributed by atoms with Crippen LogP contribution >= 0.6 is 0 Å². The lowest BCUT2D eigenvalue weighted by atomic mass is 10.2. The molecule has 0 aliphatic rings. The Bertz CT molecular complexity index is 641. The number of carbonyl (C=O) groups is 1. The number of carboxylic acids is 1. The second-order valence-corrected chi connectivity index (χ2v) is 5.53. The molecule has 0 saturated carbocycles. The average molecular weight is 305 g/mol. The summed E-state index contributed by atoms with van der Waals surface area (Å²) < 4.78 is 52.7. The lowest BCUT2D eigenvalue weighted by Crippen LogP contribution is -2.26. The van der Waals surface area contributed by atoms with E-state index in [9.17, 15) is 22.0 Å². The van der Waals surface area contributed by atoms with Crippen molar-refractivity contribution < 1.29 is 27.1 Å². The molecule has 1 rings (SSSR count). The third kappa shape index (κ3) is 3.61. The molecule has 0 saturated heterocycles. The van der Waals surface area contributed by atoms with Crippen LogP contribution in [0.15, 0.2) is 29.2 Å². The molecule has 1 aromatic rings. The minimum Gasteiger partial charge on any atom is -0.477 e. The van der Waals surface area contributed by atoms with Crippen LogP contribution in [0.2, 0.25) is 0 Å². The van der Waals surface area contributed by atoms with Gasteiger partial charge in [-0.2, -0.15) is 0 Å². The Labute approximate surface area is 115 Å². The van der Waals surface area contributed by atoms with Crippen molar-refractivity contribution in [3.63, 3.8) is 0 Å². The van der Waals surface area contributed by atoms with E-state index in [1.54, 1.807) is 19.1 Å². The predicted octanol–water partition coefficient (Wildman–Crippen LogP) is 1.91. The molecule has 0 aliphatic heterocycles. The normalized spacial score (nSPS) is 11.9. The van der Waals surface area contributed by atoms with E-state index in [-0.39, 0.29) is 6.54 Å². The van der Waals surface area contributed by atoms with Gasteiger partial charge >= 0.3 is 5.97 Å². The first kappa shape index (κ1) is 16.3. The maximum absolute atomic E-state index is 13.8. The van der Waals surface area contributed by atoms with Crippen LogP contribution in [0, 0.1) is 11.6 Å². The Morgan fingerprint density at radius 3 is 2.60 bits per heavy atom. The van der Waals surface area contributed by atoms with E-state index in [2.05, 4.69) is 4.72 Å². The quantitative estimate of drug-likeness (QED) is 0.621. The number of rotatable bonds is 6. The average Bonchev–Trinajstić information content (AvgIpc) is 2.34. The second-order valence-electron chi connectivity index (χ2n) is 3.80. The molecule has 0 unspecified atom stereocenters. The minimum absolute atomic E-state index is 0.0197. The largest absolute Gasteiger partial charge is 0.477 e. The van der Waals surface area contributed by atoms with E-state index in [0.717, 1.165) is 0 Å². The van der Waals surface area contributed by atoms with E-state index in [1.165, 1.54) is 0 Å². The Hall–Kier alpha value is -1.80. The van der Waals surface area contributed by atoms with Crippen molar-refractivity contribution >= 4 is 16.0 Å². The Morgan fingerprint density at radius 2 is 2.05 bits per heavy atom. The van der Waals surface area contributed by atoms with Gasteiger partial charge in [0.25, 0.3) is 0 Å². The fourth-order valence-corrected chi connectivity index (χ4v) is 2.59. The molecule has 0 fully saturated rings. The highest BCUT2D eigenvalue weighted by Gasteiger charge is 2.26. The van der Waals surface area contributed by atoms with Crippen LogP contribution in [0.25, 0.3) is 0 Å². The molecule has 20 heavy (non-hydrogen) atoms. The summed E-state index contributed by atoms with van der Waals surface area (Å²) in [6, 6.07) is 1.29. The SMILES string of the molecule is C/C=C/CCNS(=O)(=O)c1ccc(F)c(C(=O)O)c1F. The molecule has 0 bridgehead atoms. The summed E-state index contributed by atoms with van der Waals surface area (Å²) in [6.07, 6.45) is 3.81. The van der Waals surface area contributed by atoms with Crippen LogP contribution in [-0.4, -0.2) is 26.0 Å². The zero-order chi connectivity index (χ0) is 15.3. The molecule has 0 aromatic heterocycles. The van der Waals surface area contributed by atoms with Crippen molar-refractivity contribution in [1.29, 1.82) is 0 Å². The number of halogens is 2. The number of allylic oxidation sites excluding steroid dienone is 1. The molecule has 0 spiro atoms. The summed E-state index contributed by atoms with van der Waals surface area (Å²) in [5.41, 5.74) is -1.29. The van der Waals surface area contributed by atoms with Crippen LogP contribution in [0.5, 0.6) is 0 Å². The molecule has 0 amide bonds. The third-order valence-corrected chi connectivity index (χ3v) is 3.88. The Morgan fingerprint density at radius 1 is 1.40 bits per heavy atom. The molecule has 0 heterocycles. The highest BCUT2D eigenvalue weighted by molar-refractivity contribution is 7.89. The van der Waals surface area contributed by atoms with Gasteiger partial charge in [-0.25, -0.2) is 26.7 Å². The highest BCUT2D eigenvalue weighted by Crippen LogP contribution is 2.21. The van der Waals surface area contributed by atoms with Crippen LogP contribution in [-0.2, 0) is 10.0 Å². The summed E-state index contributed by atoms with van der Waals surface area (Å²) in [4.78, 5) is 9.82. The lowest BCUT2D eigenvalue weighted by Gasteiger charge is -2.08. The van der Waals surface area contributed by atoms with Gasteiger partial charge in [0.2, 0.25) is 10.0 Å². The molecular weight excluding hydrogens is 292 g/mol. The van der Waals surface area contributed by atoms with E-state index in [1.807, 2.05) is 0 Å². The van der Waals surface area contributed by atoms with Gasteiger partial charge in [-0.05, 0) is 25.5 Å². The van der Waals surface area contributed by atoms with Gasteiger partial charge in [0.15, 0.2) is 5.82 Å². The topological polar surface area (TPSA) is 83.5 Å². The summed E-state index contributed by atoms with van der Waals surface area (Å²) in [5, 5.41) is 8.68. The van der Waals surface area contributed by atoms with E-state index in [0.29, 0.717) is 18.6 Å². The third-order valence-electron chi connectivity index (χ3n) is 2.40. The maximum Gasteiger partial charge on any atom is 0.341 e. The molecule has 8 heteroatoms. The first-order chi connectivity index (χ1) is 9.31. The first-order valence-corrected chi connectivity index (χ1v) is 7.11. The van der Waals surface area contributed by atoms with Gasteiger partial charge in [0, 0.05) is 6.54 Å². The van der Waals surface area contributed by atoms with Crippen LogP contribution < -0.4 is 4.72 Å². The number of carboxylic acid groups (broad SMARTS) is 1. The number of benzene rings is 1. The number of hydrogen-bond donors (Lipinski definition) is 2. The lowest BCUT2D eigenvalue weighted by molar-refractivity contribution is 0.0685. The van der Waals surface area contributed by atoms with Crippen LogP contribution in [0.3, 0.4) is 0 Å². The van der Waals surface area contributed by atoms with Gasteiger partial charge in [0.05, 0.1) is 0 Å². The monoisotopic (exact) mass is 305 g/mol. The fraction of sp³-hybridized carbons (Fsp3) is 0.250.